The van der Waals surface area contributed by atoms with Crippen molar-refractivity contribution >= 4 is 37.8 Å². The molecule has 1 atom stereocenters. The van der Waals surface area contributed by atoms with Gasteiger partial charge in [-0.2, -0.15) is 0 Å². The third-order valence-corrected chi connectivity index (χ3v) is 4.33. The zero-order valence-electron chi connectivity index (χ0n) is 10.5. The van der Waals surface area contributed by atoms with Crippen LogP contribution in [0.2, 0.25) is 0 Å². The SMILES string of the molecule is O=C(NCC(Br)c1ccccc1)c1ccc(Br)c(O)c1. The molecule has 1 unspecified atom stereocenters. The van der Waals surface area contributed by atoms with Crippen molar-refractivity contribution in [1.82, 2.24) is 5.32 Å². The van der Waals surface area contributed by atoms with Crippen molar-refractivity contribution in [2.45, 2.75) is 4.83 Å². The Kier molecular flexibility index (Phi) is 5.20. The van der Waals surface area contributed by atoms with Crippen LogP contribution in [0.1, 0.15) is 20.7 Å². The molecule has 20 heavy (non-hydrogen) atoms. The number of carbonyl (C=O) groups excluding carboxylic acids is 1. The van der Waals surface area contributed by atoms with Gasteiger partial charge in [-0.15, -0.1) is 0 Å². The van der Waals surface area contributed by atoms with Crippen LogP contribution in [-0.2, 0) is 0 Å². The summed E-state index contributed by atoms with van der Waals surface area (Å²) < 4.78 is 0.566. The Morgan fingerprint density at radius 1 is 1.20 bits per heavy atom. The number of halogens is 2. The topological polar surface area (TPSA) is 49.3 Å². The van der Waals surface area contributed by atoms with Crippen molar-refractivity contribution in [2.24, 2.45) is 0 Å². The van der Waals surface area contributed by atoms with Crippen LogP contribution in [0.3, 0.4) is 0 Å². The summed E-state index contributed by atoms with van der Waals surface area (Å²) in [4.78, 5) is 12.0. The Labute approximate surface area is 134 Å². The monoisotopic (exact) mass is 397 g/mol. The average Bonchev–Trinajstić information content (AvgIpc) is 2.48. The average molecular weight is 399 g/mol. The van der Waals surface area contributed by atoms with E-state index in [1.54, 1.807) is 12.1 Å². The van der Waals surface area contributed by atoms with Gasteiger partial charge in [-0.25, -0.2) is 0 Å². The molecule has 2 N–H and O–H groups in total. The maximum absolute atomic E-state index is 12.0. The number of aromatic hydroxyl groups is 1. The zero-order valence-corrected chi connectivity index (χ0v) is 13.7. The summed E-state index contributed by atoms with van der Waals surface area (Å²) in [6.45, 7) is 0.472. The van der Waals surface area contributed by atoms with Crippen LogP contribution in [0.25, 0.3) is 0 Å². The lowest BCUT2D eigenvalue weighted by atomic mass is 10.1. The quantitative estimate of drug-likeness (QED) is 0.764. The smallest absolute Gasteiger partial charge is 0.251 e. The van der Waals surface area contributed by atoms with Crippen LogP contribution < -0.4 is 5.32 Å². The number of hydrogen-bond donors (Lipinski definition) is 2. The molecule has 0 saturated carbocycles. The number of nitrogens with one attached hydrogen (secondary N) is 1. The molecule has 0 fully saturated rings. The van der Waals surface area contributed by atoms with Crippen LogP contribution in [0.5, 0.6) is 5.75 Å². The molecular weight excluding hydrogens is 386 g/mol. The van der Waals surface area contributed by atoms with E-state index in [2.05, 4.69) is 37.2 Å². The second kappa shape index (κ2) is 6.90. The fourth-order valence-electron chi connectivity index (χ4n) is 1.72. The fourth-order valence-corrected chi connectivity index (χ4v) is 2.43. The molecule has 0 aliphatic heterocycles. The van der Waals surface area contributed by atoms with Gasteiger partial charge in [0, 0.05) is 12.1 Å². The minimum absolute atomic E-state index is 0.0519. The van der Waals surface area contributed by atoms with E-state index in [0.29, 0.717) is 16.6 Å². The lowest BCUT2D eigenvalue weighted by molar-refractivity contribution is 0.0953. The highest BCUT2D eigenvalue weighted by Crippen LogP contribution is 2.25. The van der Waals surface area contributed by atoms with Gasteiger partial charge in [0.25, 0.3) is 5.91 Å². The second-order valence-corrected chi connectivity index (χ2v) is 6.21. The Bertz CT molecular complexity index is 602. The lowest BCUT2D eigenvalue weighted by Crippen LogP contribution is -2.26. The van der Waals surface area contributed by atoms with Crippen molar-refractivity contribution < 1.29 is 9.90 Å². The number of phenolic OH excluding ortho intramolecular Hbond substituents is 1. The van der Waals surface area contributed by atoms with Crippen molar-refractivity contribution in [2.75, 3.05) is 6.54 Å². The normalized spacial score (nSPS) is 11.9. The first-order valence-electron chi connectivity index (χ1n) is 6.03. The Hall–Kier alpha value is -1.33. The molecule has 2 aromatic rings. The van der Waals surface area contributed by atoms with Gasteiger partial charge in [0.1, 0.15) is 5.75 Å². The summed E-state index contributed by atoms with van der Waals surface area (Å²) in [5.74, 6) is -0.163. The number of phenols is 1. The van der Waals surface area contributed by atoms with Crippen molar-refractivity contribution in [3.8, 4) is 5.75 Å². The molecule has 104 valence electrons. The van der Waals surface area contributed by atoms with Gasteiger partial charge in [-0.05, 0) is 39.7 Å². The Balaban J connectivity index is 1.97. The highest BCUT2D eigenvalue weighted by Gasteiger charge is 2.11. The minimum atomic E-state index is -0.215. The third kappa shape index (κ3) is 3.84. The molecule has 0 aromatic heterocycles. The summed E-state index contributed by atoms with van der Waals surface area (Å²) in [5, 5.41) is 12.4. The maximum atomic E-state index is 12.0. The van der Waals surface area contributed by atoms with Crippen LogP contribution in [0, 0.1) is 0 Å². The van der Waals surface area contributed by atoms with Gasteiger partial charge in [0.15, 0.2) is 0 Å². The van der Waals surface area contributed by atoms with E-state index in [0.717, 1.165) is 5.56 Å². The number of rotatable bonds is 4. The summed E-state index contributed by atoms with van der Waals surface area (Å²) in [6, 6.07) is 14.6. The molecule has 0 aliphatic carbocycles. The Morgan fingerprint density at radius 2 is 1.90 bits per heavy atom. The van der Waals surface area contributed by atoms with Gasteiger partial charge in [0.05, 0.1) is 9.30 Å². The van der Waals surface area contributed by atoms with Gasteiger partial charge >= 0.3 is 0 Å². The van der Waals surface area contributed by atoms with E-state index in [1.165, 1.54) is 6.07 Å². The molecule has 1 amide bonds. The molecule has 3 nitrogen and oxygen atoms in total. The first kappa shape index (κ1) is 15.1. The predicted octanol–water partition coefficient (Wildman–Crippen LogP) is 4.02. The van der Waals surface area contributed by atoms with Crippen molar-refractivity contribution in [1.29, 1.82) is 0 Å². The Morgan fingerprint density at radius 3 is 2.55 bits per heavy atom. The summed E-state index contributed by atoms with van der Waals surface area (Å²) in [7, 11) is 0. The molecule has 0 saturated heterocycles. The third-order valence-electron chi connectivity index (χ3n) is 2.81. The summed E-state index contributed by atoms with van der Waals surface area (Å²) in [6.07, 6.45) is 0. The highest BCUT2D eigenvalue weighted by atomic mass is 79.9. The molecule has 2 aromatic carbocycles. The van der Waals surface area contributed by atoms with E-state index in [-0.39, 0.29) is 16.5 Å². The zero-order chi connectivity index (χ0) is 14.5. The number of amides is 1. The molecule has 0 heterocycles. The van der Waals surface area contributed by atoms with Gasteiger partial charge in [-0.3, -0.25) is 4.79 Å². The molecule has 0 radical (unpaired) electrons. The minimum Gasteiger partial charge on any atom is -0.507 e. The van der Waals surface area contributed by atoms with Crippen molar-refractivity contribution in [3.05, 3.63) is 64.1 Å². The highest BCUT2D eigenvalue weighted by molar-refractivity contribution is 9.10. The van der Waals surface area contributed by atoms with E-state index < -0.39 is 0 Å². The number of alkyl halides is 1. The van der Waals surface area contributed by atoms with Gasteiger partial charge in [0.2, 0.25) is 0 Å². The summed E-state index contributed by atoms with van der Waals surface area (Å²) in [5.41, 5.74) is 1.53. The molecule has 5 heteroatoms. The van der Waals surface area contributed by atoms with Gasteiger partial charge in [-0.1, -0.05) is 46.3 Å². The predicted molar refractivity (Wildman–Crippen MR) is 86.3 cm³/mol. The molecule has 0 bridgehead atoms. The van der Waals surface area contributed by atoms with E-state index in [1.807, 2.05) is 30.3 Å². The number of carbonyl (C=O) groups is 1. The van der Waals surface area contributed by atoms with Crippen LogP contribution in [-0.4, -0.2) is 17.6 Å². The van der Waals surface area contributed by atoms with Crippen molar-refractivity contribution in [3.63, 3.8) is 0 Å². The van der Waals surface area contributed by atoms with Crippen LogP contribution in [0.15, 0.2) is 53.0 Å². The largest absolute Gasteiger partial charge is 0.507 e. The first-order valence-corrected chi connectivity index (χ1v) is 7.74. The fraction of sp³-hybridized carbons (Fsp3) is 0.133. The summed E-state index contributed by atoms with van der Waals surface area (Å²) >= 11 is 6.72. The second-order valence-electron chi connectivity index (χ2n) is 4.25. The maximum Gasteiger partial charge on any atom is 0.251 e. The standard InChI is InChI=1S/C15H13Br2NO2/c16-12-7-6-11(8-14(12)19)15(20)18-9-13(17)10-4-2-1-3-5-10/h1-8,13,19H,9H2,(H,18,20). The van der Waals surface area contributed by atoms with Gasteiger partial charge < -0.3 is 10.4 Å². The first-order chi connectivity index (χ1) is 9.58. The lowest BCUT2D eigenvalue weighted by Gasteiger charge is -2.12. The van der Waals surface area contributed by atoms with E-state index in [4.69, 9.17) is 0 Å². The van der Waals surface area contributed by atoms with Crippen LogP contribution in [0.4, 0.5) is 0 Å². The molecular formula is C15H13Br2NO2. The molecule has 0 aliphatic rings. The molecule has 2 rings (SSSR count). The van der Waals surface area contributed by atoms with E-state index >= 15 is 0 Å². The van der Waals surface area contributed by atoms with Crippen LogP contribution >= 0.6 is 31.9 Å². The number of hydrogen-bond acceptors (Lipinski definition) is 2. The number of benzene rings is 2. The molecule has 0 spiro atoms. The van der Waals surface area contributed by atoms with E-state index in [9.17, 15) is 9.90 Å².